The van der Waals surface area contributed by atoms with Crippen LogP contribution >= 0.6 is 11.6 Å². The summed E-state index contributed by atoms with van der Waals surface area (Å²) in [6.45, 7) is -0.308. The Morgan fingerprint density at radius 3 is 2.85 bits per heavy atom. The molecule has 2 aromatic heterocycles. The average molecular weight is 469 g/mol. The van der Waals surface area contributed by atoms with Crippen molar-refractivity contribution < 1.29 is 23.2 Å². The van der Waals surface area contributed by atoms with Crippen molar-refractivity contribution in [3.05, 3.63) is 80.8 Å². The number of hydrogen-bond donors (Lipinski definition) is 0. The Hall–Kier alpha value is -3.92. The van der Waals surface area contributed by atoms with Crippen LogP contribution in [0.4, 0.5) is 4.39 Å². The van der Waals surface area contributed by atoms with E-state index in [-0.39, 0.29) is 30.7 Å². The van der Waals surface area contributed by atoms with E-state index in [1.807, 2.05) is 0 Å². The van der Waals surface area contributed by atoms with Gasteiger partial charge >= 0.3 is 5.63 Å². The van der Waals surface area contributed by atoms with Crippen LogP contribution in [0.3, 0.4) is 0 Å². The third-order valence-corrected chi connectivity index (χ3v) is 5.77. The number of nitrogens with zero attached hydrogens (tertiary/aromatic N) is 4. The van der Waals surface area contributed by atoms with Crippen molar-refractivity contribution in [1.82, 2.24) is 19.9 Å². The van der Waals surface area contributed by atoms with Crippen molar-refractivity contribution in [2.75, 3.05) is 0 Å². The second kappa shape index (κ2) is 7.89. The fourth-order valence-electron chi connectivity index (χ4n) is 3.89. The van der Waals surface area contributed by atoms with Gasteiger partial charge in [-0.3, -0.25) is 14.4 Å². The Morgan fingerprint density at radius 1 is 1.21 bits per heavy atom. The van der Waals surface area contributed by atoms with Crippen LogP contribution in [0.5, 0.6) is 0 Å². The van der Waals surface area contributed by atoms with Crippen molar-refractivity contribution in [3.63, 3.8) is 0 Å². The molecule has 1 amide bonds. The van der Waals surface area contributed by atoms with Crippen LogP contribution < -0.4 is 5.63 Å². The van der Waals surface area contributed by atoms with Crippen LogP contribution in [-0.2, 0) is 22.7 Å². The molecule has 1 aromatic carbocycles. The summed E-state index contributed by atoms with van der Waals surface area (Å²) in [7, 11) is 0. The van der Waals surface area contributed by atoms with Crippen LogP contribution in [0.1, 0.15) is 22.5 Å². The number of rotatable bonds is 5. The molecule has 166 valence electrons. The molecule has 0 radical (unpaired) electrons. The molecule has 1 fully saturated rings. The summed E-state index contributed by atoms with van der Waals surface area (Å²) in [6.07, 6.45) is 5.01. The number of allylic oxidation sites excluding steroid dienone is 4. The second-order valence-electron chi connectivity index (χ2n) is 7.68. The zero-order chi connectivity index (χ0) is 23.3. The molecule has 1 aliphatic heterocycles. The largest absolute Gasteiger partial charge is 0.422 e. The zero-order valence-corrected chi connectivity index (χ0v) is 17.6. The van der Waals surface area contributed by atoms with Crippen LogP contribution in [0.25, 0.3) is 11.0 Å². The van der Waals surface area contributed by atoms with Gasteiger partial charge in [0.15, 0.2) is 5.78 Å². The van der Waals surface area contributed by atoms with Crippen molar-refractivity contribution in [1.29, 1.82) is 0 Å². The predicted octanol–water partition coefficient (Wildman–Crippen LogP) is 2.34. The summed E-state index contributed by atoms with van der Waals surface area (Å²) in [5, 5.41) is 8.74. The number of halogens is 2. The lowest BCUT2D eigenvalue weighted by atomic mass is 9.96. The van der Waals surface area contributed by atoms with Gasteiger partial charge in [-0.05, 0) is 36.8 Å². The highest BCUT2D eigenvalue weighted by Crippen LogP contribution is 2.36. The Morgan fingerprint density at radius 2 is 2.03 bits per heavy atom. The van der Waals surface area contributed by atoms with E-state index in [1.165, 1.54) is 34.0 Å². The molecule has 9 nitrogen and oxygen atoms in total. The normalized spacial score (nSPS) is 17.9. The van der Waals surface area contributed by atoms with Crippen LogP contribution in [-0.4, -0.2) is 37.4 Å². The van der Waals surface area contributed by atoms with Gasteiger partial charge < -0.3 is 9.32 Å². The first-order chi connectivity index (χ1) is 15.8. The summed E-state index contributed by atoms with van der Waals surface area (Å²) >= 11 is 5.99. The topological polar surface area (TPSA) is 115 Å². The van der Waals surface area contributed by atoms with E-state index in [1.54, 1.807) is 12.2 Å². The zero-order valence-electron chi connectivity index (χ0n) is 16.8. The summed E-state index contributed by atoms with van der Waals surface area (Å²) in [5.74, 6) is -2.92. The monoisotopic (exact) mass is 468 g/mol. The summed E-state index contributed by atoms with van der Waals surface area (Å²) in [5.41, 5.74) is -0.153. The minimum atomic E-state index is -0.887. The molecule has 2 aliphatic rings. The number of aromatic nitrogens is 3. The quantitative estimate of drug-likeness (QED) is 0.320. The first-order valence-electron chi connectivity index (χ1n) is 9.88. The van der Waals surface area contributed by atoms with Gasteiger partial charge in [0, 0.05) is 22.2 Å². The molecule has 1 aliphatic carbocycles. The second-order valence-corrected chi connectivity index (χ2v) is 8.16. The number of likely N-dealkylation sites (tertiary alicyclic amines) is 1. The Labute approximate surface area is 189 Å². The predicted molar refractivity (Wildman–Crippen MR) is 112 cm³/mol. The smallest absolute Gasteiger partial charge is 0.347 e. The molecule has 1 atom stereocenters. The molecule has 33 heavy (non-hydrogen) atoms. The van der Waals surface area contributed by atoms with Gasteiger partial charge in [-0.25, -0.2) is 13.9 Å². The number of carbonyl (C=O) groups excluding carboxylic acids is 3. The molecule has 5 rings (SSSR count). The third kappa shape index (κ3) is 3.78. The maximum absolute atomic E-state index is 13.3. The molecule has 0 saturated carbocycles. The summed E-state index contributed by atoms with van der Waals surface area (Å²) < 4.78 is 19.6. The standard InChI is InChI=1S/C22H14ClFN4O5/c23-12-2-4-17-15(6-12)20(30)21(31)28(17)9-14-8-27(26-25-14)10-18(29)16-5-11-1-3-13(24)7-19(11)33-22(16)32/h1-5,7-8,15H,6,9-10H2. The van der Waals surface area contributed by atoms with Crippen molar-refractivity contribution in [3.8, 4) is 0 Å². The van der Waals surface area contributed by atoms with Gasteiger partial charge in [0.1, 0.15) is 29.2 Å². The lowest BCUT2D eigenvalue weighted by Gasteiger charge is -2.20. The molecule has 11 heteroatoms. The Kier molecular flexibility index (Phi) is 5.01. The van der Waals surface area contributed by atoms with E-state index < -0.39 is 34.8 Å². The summed E-state index contributed by atoms with van der Waals surface area (Å²) in [4.78, 5) is 50.8. The van der Waals surface area contributed by atoms with Gasteiger partial charge in [0.25, 0.3) is 5.91 Å². The van der Waals surface area contributed by atoms with E-state index in [0.29, 0.717) is 21.8 Å². The van der Waals surface area contributed by atoms with Gasteiger partial charge in [-0.15, -0.1) is 5.10 Å². The highest BCUT2D eigenvalue weighted by atomic mass is 35.5. The van der Waals surface area contributed by atoms with Crippen molar-refractivity contribution in [2.45, 2.75) is 19.5 Å². The highest BCUT2D eigenvalue weighted by molar-refractivity contribution is 6.41. The van der Waals surface area contributed by atoms with E-state index in [9.17, 15) is 23.6 Å². The maximum atomic E-state index is 13.3. The van der Waals surface area contributed by atoms with Crippen molar-refractivity contribution >= 4 is 40.0 Å². The molecule has 3 heterocycles. The fraction of sp³-hybridized carbons (Fsp3) is 0.182. The molecular weight excluding hydrogens is 455 g/mol. The Balaban J connectivity index is 1.34. The summed E-state index contributed by atoms with van der Waals surface area (Å²) in [6, 6.07) is 5.00. The van der Waals surface area contributed by atoms with Gasteiger partial charge in [-0.1, -0.05) is 16.8 Å². The third-order valence-electron chi connectivity index (χ3n) is 5.49. The molecule has 0 spiro atoms. The molecule has 1 saturated heterocycles. The maximum Gasteiger partial charge on any atom is 0.347 e. The fourth-order valence-corrected chi connectivity index (χ4v) is 4.11. The molecular formula is C22H14ClFN4O5. The average Bonchev–Trinajstić information content (AvgIpc) is 3.31. The van der Waals surface area contributed by atoms with Crippen molar-refractivity contribution in [2.24, 2.45) is 5.92 Å². The van der Waals surface area contributed by atoms with Gasteiger partial charge in [0.2, 0.25) is 5.78 Å². The molecule has 1 unspecified atom stereocenters. The minimum Gasteiger partial charge on any atom is -0.422 e. The number of fused-ring (bicyclic) bond motifs is 2. The van der Waals surface area contributed by atoms with E-state index >= 15 is 0 Å². The minimum absolute atomic E-state index is 0.00374. The van der Waals surface area contributed by atoms with Crippen LogP contribution in [0.15, 0.2) is 62.6 Å². The SMILES string of the molecule is O=C(Cn1cc(CN2C(=O)C(=O)C3CC(Cl)=CC=C32)nn1)c1cc2ccc(F)cc2oc1=O. The molecule has 0 bridgehead atoms. The number of benzene rings is 1. The van der Waals surface area contributed by atoms with Gasteiger partial charge in [-0.2, -0.15) is 0 Å². The lowest BCUT2D eigenvalue weighted by molar-refractivity contribution is -0.140. The number of Topliss-reactive ketones (excluding diaryl/α,β-unsaturated/α-hetero) is 2. The van der Waals surface area contributed by atoms with Gasteiger partial charge in [0.05, 0.1) is 18.7 Å². The molecule has 0 N–H and O–H groups in total. The number of amides is 1. The first kappa shape index (κ1) is 21.0. The van der Waals surface area contributed by atoms with E-state index in [0.717, 1.165) is 6.07 Å². The van der Waals surface area contributed by atoms with E-state index in [2.05, 4.69) is 10.3 Å². The molecule has 3 aromatic rings. The Bertz CT molecular complexity index is 1470. The first-order valence-corrected chi connectivity index (χ1v) is 10.3. The van der Waals surface area contributed by atoms with E-state index in [4.69, 9.17) is 16.0 Å². The highest BCUT2D eigenvalue weighted by Gasteiger charge is 2.44. The van der Waals surface area contributed by atoms with Crippen LogP contribution in [0, 0.1) is 11.7 Å². The lowest BCUT2D eigenvalue weighted by Crippen LogP contribution is -2.26. The number of hydrogen-bond acceptors (Lipinski definition) is 7. The van der Waals surface area contributed by atoms with Crippen LogP contribution in [0.2, 0.25) is 0 Å². The number of ketones is 2. The number of carbonyl (C=O) groups is 3.